The summed E-state index contributed by atoms with van der Waals surface area (Å²) in [5.74, 6) is -0.720. The van der Waals surface area contributed by atoms with Crippen molar-refractivity contribution in [3.05, 3.63) is 12.2 Å². The van der Waals surface area contributed by atoms with E-state index in [0.717, 1.165) is 70.6 Å². The molecule has 0 unspecified atom stereocenters. The molecule has 0 radical (unpaired) electrons. The number of allylic oxidation sites excluding steroid dienone is 1. The number of carbonyl (C=O) groups excluding carboxylic acids is 2. The number of hydrogen-bond donors (Lipinski definition) is 1. The van der Waals surface area contributed by atoms with Crippen molar-refractivity contribution in [2.45, 2.75) is 168 Å². The first-order valence-electron chi connectivity index (χ1n) is 14.7. The van der Waals surface area contributed by atoms with Gasteiger partial charge >= 0.3 is 79.2 Å². The molecule has 36 heavy (non-hydrogen) atoms. The zero-order chi connectivity index (χ0) is 25.1. The fourth-order valence-electron chi connectivity index (χ4n) is 4.17. The Kier molecular flexibility index (Phi) is 39.4. The molecule has 0 fully saturated rings. The SMILES string of the molecule is CCCCCCCCCCCC(=O)OC(=O)CCCCCCC/C=C\C[C@H](O)CCCCCC.[CaH2].[NaH]. The van der Waals surface area contributed by atoms with E-state index in [1.165, 1.54) is 64.2 Å². The van der Waals surface area contributed by atoms with E-state index in [-0.39, 0.29) is 85.3 Å². The Hall–Kier alpha value is 1.10. The number of carbonyl (C=O) groups is 2. The maximum absolute atomic E-state index is 11.8. The van der Waals surface area contributed by atoms with Crippen LogP contribution < -0.4 is 0 Å². The number of aliphatic hydroxyl groups is 1. The van der Waals surface area contributed by atoms with Crippen LogP contribution >= 0.6 is 0 Å². The standard InChI is InChI=1S/C30H56O4.Ca.Na.3H/c1-3-5-7-9-10-11-15-18-22-26-29(32)34-30(33)27-23-19-16-13-12-14-17-21-25-28(31)24-20-8-6-4-2;;;;;/h17,21,28,31H,3-16,18-20,22-27H2,1-2H3;;;;;/b21-17-;;;;;/t28-;;;;;/m1...../s1. The van der Waals surface area contributed by atoms with Crippen LogP contribution in [0.3, 0.4) is 0 Å². The number of hydrogen-bond acceptors (Lipinski definition) is 4. The topological polar surface area (TPSA) is 63.6 Å². The van der Waals surface area contributed by atoms with E-state index in [1.807, 2.05) is 0 Å². The van der Waals surface area contributed by atoms with Crippen LogP contribution in [0.15, 0.2) is 12.2 Å². The first kappa shape index (κ1) is 41.6. The predicted molar refractivity (Wildman–Crippen MR) is 159 cm³/mol. The summed E-state index contributed by atoms with van der Waals surface area (Å²) in [7, 11) is 0. The van der Waals surface area contributed by atoms with Gasteiger partial charge in [-0.05, 0) is 38.5 Å². The van der Waals surface area contributed by atoms with Crippen LogP contribution in [-0.4, -0.2) is 90.4 Å². The van der Waals surface area contributed by atoms with Crippen molar-refractivity contribution in [3.63, 3.8) is 0 Å². The predicted octanol–water partition coefficient (Wildman–Crippen LogP) is 7.42. The molecule has 0 aliphatic heterocycles. The zero-order valence-electron chi connectivity index (χ0n) is 22.7. The molecule has 1 N–H and O–H groups in total. The second-order valence-corrected chi connectivity index (χ2v) is 9.94. The summed E-state index contributed by atoms with van der Waals surface area (Å²) in [5, 5.41) is 9.94. The molecular weight excluding hydrogens is 487 g/mol. The van der Waals surface area contributed by atoms with Crippen LogP contribution in [0.25, 0.3) is 0 Å². The fourth-order valence-corrected chi connectivity index (χ4v) is 4.17. The van der Waals surface area contributed by atoms with Crippen LogP contribution in [0.1, 0.15) is 162 Å². The molecule has 0 aromatic carbocycles. The third-order valence-electron chi connectivity index (χ3n) is 6.43. The van der Waals surface area contributed by atoms with Crippen LogP contribution in [0.2, 0.25) is 0 Å². The van der Waals surface area contributed by atoms with Gasteiger partial charge in [0.15, 0.2) is 0 Å². The second-order valence-electron chi connectivity index (χ2n) is 9.94. The molecule has 6 heteroatoms. The van der Waals surface area contributed by atoms with E-state index in [0.29, 0.717) is 12.8 Å². The van der Waals surface area contributed by atoms with E-state index in [1.54, 1.807) is 0 Å². The summed E-state index contributed by atoms with van der Waals surface area (Å²) in [5.41, 5.74) is 0. The summed E-state index contributed by atoms with van der Waals surface area (Å²) in [6.45, 7) is 4.44. The quantitative estimate of drug-likeness (QED) is 0.0425. The van der Waals surface area contributed by atoms with Gasteiger partial charge in [0.1, 0.15) is 0 Å². The summed E-state index contributed by atoms with van der Waals surface area (Å²) in [4.78, 5) is 23.6. The van der Waals surface area contributed by atoms with Crippen molar-refractivity contribution < 1.29 is 19.4 Å². The van der Waals surface area contributed by atoms with Gasteiger partial charge in [-0.3, -0.25) is 9.59 Å². The first-order valence-corrected chi connectivity index (χ1v) is 14.7. The van der Waals surface area contributed by atoms with Gasteiger partial charge in [-0.15, -0.1) is 0 Å². The molecule has 0 bridgehead atoms. The summed E-state index contributed by atoms with van der Waals surface area (Å²) in [6, 6.07) is 0. The molecule has 0 rings (SSSR count). The monoisotopic (exact) mass is 546 g/mol. The molecule has 206 valence electrons. The number of rotatable bonds is 25. The molecule has 0 spiro atoms. The molecular formula is C30H59CaNaO4. The van der Waals surface area contributed by atoms with Gasteiger partial charge < -0.3 is 9.84 Å². The van der Waals surface area contributed by atoms with Crippen molar-refractivity contribution in [3.8, 4) is 0 Å². The average molecular weight is 547 g/mol. The molecule has 0 aliphatic carbocycles. The van der Waals surface area contributed by atoms with E-state index < -0.39 is 0 Å². The van der Waals surface area contributed by atoms with Gasteiger partial charge in [-0.1, -0.05) is 122 Å². The van der Waals surface area contributed by atoms with Gasteiger partial charge in [0, 0.05) is 12.8 Å². The Balaban J connectivity index is -0.00000544. The van der Waals surface area contributed by atoms with Gasteiger partial charge in [-0.25, -0.2) is 0 Å². The Morgan fingerprint density at radius 2 is 1.06 bits per heavy atom. The van der Waals surface area contributed by atoms with Crippen molar-refractivity contribution in [2.24, 2.45) is 0 Å². The minimum absolute atomic E-state index is 0. The van der Waals surface area contributed by atoms with Gasteiger partial charge in [-0.2, -0.15) is 0 Å². The summed E-state index contributed by atoms with van der Waals surface area (Å²) in [6.07, 6.45) is 28.5. The van der Waals surface area contributed by atoms with Crippen molar-refractivity contribution in [1.82, 2.24) is 0 Å². The Morgan fingerprint density at radius 3 is 1.56 bits per heavy atom. The van der Waals surface area contributed by atoms with Crippen LogP contribution in [0, 0.1) is 0 Å². The number of ether oxygens (including phenoxy) is 1. The Morgan fingerprint density at radius 1 is 0.639 bits per heavy atom. The molecule has 0 saturated carbocycles. The van der Waals surface area contributed by atoms with E-state index in [2.05, 4.69) is 26.0 Å². The maximum atomic E-state index is 11.8. The van der Waals surface area contributed by atoms with E-state index >= 15 is 0 Å². The number of aliphatic hydroxyl groups excluding tert-OH is 1. The first-order chi connectivity index (χ1) is 16.6. The number of unbranched alkanes of at least 4 members (excludes halogenated alkanes) is 16. The van der Waals surface area contributed by atoms with Crippen molar-refractivity contribution in [2.75, 3.05) is 0 Å². The van der Waals surface area contributed by atoms with Crippen LogP contribution in [-0.2, 0) is 14.3 Å². The molecule has 0 aliphatic rings. The molecule has 1 atom stereocenters. The molecule has 0 saturated heterocycles. The normalized spacial score (nSPS) is 11.6. The minimum atomic E-state index is -0.364. The van der Waals surface area contributed by atoms with Crippen molar-refractivity contribution >= 4 is 79.2 Å². The van der Waals surface area contributed by atoms with Gasteiger partial charge in [0.25, 0.3) is 0 Å². The summed E-state index contributed by atoms with van der Waals surface area (Å²) < 4.78 is 4.94. The molecule has 0 aromatic heterocycles. The molecule has 0 aromatic rings. The third kappa shape index (κ3) is 33.1. The van der Waals surface area contributed by atoms with Gasteiger partial charge in [0.2, 0.25) is 0 Å². The van der Waals surface area contributed by atoms with Crippen LogP contribution in [0.5, 0.6) is 0 Å². The van der Waals surface area contributed by atoms with Crippen LogP contribution in [0.4, 0.5) is 0 Å². The fraction of sp³-hybridized carbons (Fsp3) is 0.867. The average Bonchev–Trinajstić information content (AvgIpc) is 2.82. The Bertz CT molecular complexity index is 499. The molecule has 0 heterocycles. The van der Waals surface area contributed by atoms with Crippen molar-refractivity contribution in [1.29, 1.82) is 0 Å². The zero-order valence-corrected chi connectivity index (χ0v) is 22.7. The second kappa shape index (κ2) is 34.1. The van der Waals surface area contributed by atoms with E-state index in [4.69, 9.17) is 4.74 Å². The molecule has 4 nitrogen and oxygen atoms in total. The molecule has 0 amide bonds. The third-order valence-corrected chi connectivity index (χ3v) is 6.43. The summed E-state index contributed by atoms with van der Waals surface area (Å²) >= 11 is 0. The number of esters is 2. The van der Waals surface area contributed by atoms with E-state index in [9.17, 15) is 14.7 Å². The van der Waals surface area contributed by atoms with Gasteiger partial charge in [0.05, 0.1) is 6.10 Å². The Labute approximate surface area is 275 Å².